The number of nitrogens with one attached hydrogen (secondary N) is 2. The summed E-state index contributed by atoms with van der Waals surface area (Å²) < 4.78 is 0. The number of carboxylic acids is 2. The lowest BCUT2D eigenvalue weighted by molar-refractivity contribution is -0.140. The Morgan fingerprint density at radius 2 is 1.65 bits per heavy atom. The minimum absolute atomic E-state index is 0.0144. The zero-order valence-corrected chi connectivity index (χ0v) is 46.9. The molecule has 4 aliphatic heterocycles. The molecule has 0 aromatic heterocycles. The summed E-state index contributed by atoms with van der Waals surface area (Å²) in [7, 11) is 0. The van der Waals surface area contributed by atoms with E-state index in [1.54, 1.807) is 43.3 Å². The number of aryl methyl sites for hydroxylation is 3. The van der Waals surface area contributed by atoms with Gasteiger partial charge in [0.15, 0.2) is 0 Å². The lowest BCUT2D eigenvalue weighted by Crippen LogP contribution is -2.67. The van der Waals surface area contributed by atoms with Gasteiger partial charge in [0, 0.05) is 49.1 Å². The van der Waals surface area contributed by atoms with Crippen LogP contribution >= 0.6 is 0 Å². The van der Waals surface area contributed by atoms with Crippen molar-refractivity contribution >= 4 is 11.9 Å². The number of phenols is 1. The quantitative estimate of drug-likeness (QED) is 0.0520. The minimum atomic E-state index is -1.85. The van der Waals surface area contributed by atoms with Crippen LogP contribution in [0.15, 0.2) is 84.0 Å². The topological polar surface area (TPSA) is 281 Å². The first-order valence-electron chi connectivity index (χ1n) is 29.0. The van der Waals surface area contributed by atoms with Gasteiger partial charge in [-0.15, -0.1) is 0 Å². The largest absolute Gasteiger partial charge is 0.508 e. The Labute approximate surface area is 467 Å². The van der Waals surface area contributed by atoms with Gasteiger partial charge in [0.2, 0.25) is 0 Å². The van der Waals surface area contributed by atoms with Crippen LogP contribution < -0.4 is 10.6 Å². The van der Waals surface area contributed by atoms with Gasteiger partial charge in [-0.1, -0.05) is 99.2 Å². The first-order chi connectivity index (χ1) is 37.7. The van der Waals surface area contributed by atoms with E-state index >= 15 is 0 Å². The molecule has 3 aromatic rings. The van der Waals surface area contributed by atoms with Gasteiger partial charge in [0.05, 0.1) is 54.7 Å². The third kappa shape index (κ3) is 16.6. The first-order valence-corrected chi connectivity index (χ1v) is 29.0. The maximum atomic E-state index is 14.2. The molecule has 13 atom stereocenters. The number of aromatic hydroxyl groups is 1. The van der Waals surface area contributed by atoms with E-state index < -0.39 is 90.0 Å². The summed E-state index contributed by atoms with van der Waals surface area (Å²) in [5, 5.41) is 134. The molecule has 0 radical (unpaired) electrons. The van der Waals surface area contributed by atoms with Gasteiger partial charge >= 0.3 is 11.9 Å². The van der Waals surface area contributed by atoms with E-state index in [1.807, 2.05) is 50.2 Å². The van der Waals surface area contributed by atoms with Crippen LogP contribution in [-0.4, -0.2) is 141 Å². The molecule has 13 unspecified atom stereocenters. The third-order valence-electron chi connectivity index (χ3n) is 17.5. The number of carboxylic acid groups (broad SMARTS) is 2. The number of benzene rings is 3. The number of aliphatic hydroxyl groups excluding tert-OH is 7. The van der Waals surface area contributed by atoms with Crippen molar-refractivity contribution in [2.75, 3.05) is 13.2 Å². The smallest absolute Gasteiger partial charge is 0.303 e. The lowest BCUT2D eigenvalue weighted by atomic mass is 9.64. The number of fused-ring (bicyclic) bond motifs is 6. The molecule has 13 N–H and O–H groups in total. The maximum Gasteiger partial charge on any atom is 0.303 e. The fraction of sp³-hybridized carbons (Fsp3) is 0.594. The van der Waals surface area contributed by atoms with Crippen molar-refractivity contribution in [2.24, 2.45) is 11.8 Å². The predicted octanol–water partition coefficient (Wildman–Crippen LogP) is 6.32. The summed E-state index contributed by atoms with van der Waals surface area (Å²) >= 11 is 0. The van der Waals surface area contributed by atoms with Crippen molar-refractivity contribution in [1.82, 2.24) is 10.6 Å². The Morgan fingerprint density at radius 1 is 0.886 bits per heavy atom. The maximum absolute atomic E-state index is 14.2. The first kappa shape index (κ1) is 63.2. The van der Waals surface area contributed by atoms with Crippen molar-refractivity contribution in [2.45, 2.75) is 215 Å². The van der Waals surface area contributed by atoms with E-state index in [0.717, 1.165) is 23.1 Å². The van der Waals surface area contributed by atoms with Crippen LogP contribution in [0.25, 0.3) is 0 Å². The molecule has 0 amide bonds. The second-order valence-corrected chi connectivity index (χ2v) is 23.1. The highest BCUT2D eigenvalue weighted by Gasteiger charge is 2.53. The van der Waals surface area contributed by atoms with Crippen LogP contribution in [0.2, 0.25) is 0 Å². The number of aliphatic carboxylic acids is 2. The SMILES string of the molecule is CCCCC(O)C(O)C=CC1=C(CC(O)CO)C2CCC(O)C3NC(C)CCC(C(O)Cc4ccc(cc4CCC(=O)O)CC(C(C)(O)C(CCCO)c4ccc(O)cc4)(CC#Cc4c(CC)cccc4CC1)N2)C3CC(=O)O. The Morgan fingerprint density at radius 3 is 2.33 bits per heavy atom. The van der Waals surface area contributed by atoms with E-state index in [2.05, 4.69) is 29.4 Å². The van der Waals surface area contributed by atoms with E-state index in [9.17, 15) is 65.8 Å². The molecule has 0 saturated carbocycles. The summed E-state index contributed by atoms with van der Waals surface area (Å²) in [4.78, 5) is 25.2. The molecule has 1 saturated heterocycles. The van der Waals surface area contributed by atoms with Crippen LogP contribution in [0.3, 0.4) is 0 Å². The zero-order valence-electron chi connectivity index (χ0n) is 46.9. The molecule has 434 valence electrons. The summed E-state index contributed by atoms with van der Waals surface area (Å²) in [6.45, 7) is 6.95. The van der Waals surface area contributed by atoms with Crippen molar-refractivity contribution in [1.29, 1.82) is 0 Å². The van der Waals surface area contributed by atoms with Crippen molar-refractivity contribution in [3.8, 4) is 17.6 Å². The number of allylic oxidation sites excluding steroid dienone is 2. The minimum Gasteiger partial charge on any atom is -0.508 e. The molecule has 79 heavy (non-hydrogen) atoms. The molecular weight excluding hydrogens is 1000 g/mol. The summed E-state index contributed by atoms with van der Waals surface area (Å²) in [5.41, 5.74) is 3.31. The van der Waals surface area contributed by atoms with Crippen LogP contribution in [-0.2, 0) is 41.7 Å². The van der Waals surface area contributed by atoms with Crippen molar-refractivity contribution < 1.29 is 65.8 Å². The lowest BCUT2D eigenvalue weighted by Gasteiger charge is -2.52. The van der Waals surface area contributed by atoms with Gasteiger partial charge in [0.1, 0.15) is 5.75 Å². The van der Waals surface area contributed by atoms with E-state index in [0.29, 0.717) is 78.3 Å². The zero-order chi connectivity index (χ0) is 57.4. The fourth-order valence-electron chi connectivity index (χ4n) is 12.9. The molecule has 6 bridgehead atoms. The predicted molar refractivity (Wildman–Crippen MR) is 304 cm³/mol. The molecule has 0 spiro atoms. The normalized spacial score (nSPS) is 26.5. The van der Waals surface area contributed by atoms with Crippen LogP contribution in [0.5, 0.6) is 5.75 Å². The van der Waals surface area contributed by atoms with E-state index in [4.69, 9.17) is 0 Å². The Bertz CT molecular complexity index is 2590. The number of aliphatic hydroxyl groups is 8. The van der Waals surface area contributed by atoms with Crippen LogP contribution in [0.4, 0.5) is 0 Å². The number of unbranched alkanes of at least 4 members (excludes halogenated alkanes) is 1. The van der Waals surface area contributed by atoms with Crippen LogP contribution in [0.1, 0.15) is 162 Å². The Kier molecular flexibility index (Phi) is 23.7. The molecular formula is C64H90N2O13. The van der Waals surface area contributed by atoms with Gasteiger partial charge in [-0.3, -0.25) is 9.59 Å². The van der Waals surface area contributed by atoms with Gasteiger partial charge < -0.3 is 66.8 Å². The average molecular weight is 1100 g/mol. The number of rotatable bonds is 21. The Hall–Kier alpha value is -4.96. The number of phenolic OH excluding ortho intramolecular Hbond substituents is 1. The van der Waals surface area contributed by atoms with Crippen molar-refractivity contribution in [3.63, 3.8) is 0 Å². The van der Waals surface area contributed by atoms with Crippen molar-refractivity contribution in [3.05, 3.63) is 123 Å². The van der Waals surface area contributed by atoms with Gasteiger partial charge in [-0.2, -0.15) is 0 Å². The second-order valence-electron chi connectivity index (χ2n) is 23.1. The molecule has 15 heteroatoms. The molecule has 1 fully saturated rings. The highest BCUT2D eigenvalue weighted by molar-refractivity contribution is 5.67. The number of carbonyl (C=O) groups is 2. The van der Waals surface area contributed by atoms with E-state index in [-0.39, 0.29) is 89.0 Å². The van der Waals surface area contributed by atoms with Gasteiger partial charge in [-0.05, 0) is 172 Å². The number of hydrogen-bond donors (Lipinski definition) is 13. The molecule has 0 aliphatic carbocycles. The fourth-order valence-corrected chi connectivity index (χ4v) is 12.9. The summed E-state index contributed by atoms with van der Waals surface area (Å²) in [6.07, 6.45) is 1.96. The monoisotopic (exact) mass is 1090 g/mol. The molecule has 15 nitrogen and oxygen atoms in total. The summed E-state index contributed by atoms with van der Waals surface area (Å²) in [6, 6.07) is 16.4. The molecule has 4 heterocycles. The second kappa shape index (κ2) is 29.7. The molecule has 4 aliphatic rings. The van der Waals surface area contributed by atoms with Gasteiger partial charge in [0.25, 0.3) is 0 Å². The Balaban J connectivity index is 1.77. The average Bonchev–Trinajstić information content (AvgIpc) is 3.77. The highest BCUT2D eigenvalue weighted by Crippen LogP contribution is 2.46. The standard InChI is InChI=1S/C64H90N2O13/c1-5-7-15-56(71)57(72)29-23-44-20-19-43-12-8-11-42(6-2)50(43)13-9-32-64(63(4,79)54(14-10-33-67)45-21-25-48(69)26-22-45)38-41-17-18-47(46(34-41)24-31-60(75)76)35-59(74)51-27-16-40(3)65-62(53(51)37-61(77)78)58(73)30-28-55(66-64)52(44)36-49(70)39-68/h8,11-12,17-18,21-23,25-26,29,34,40,49,51,53-59,62,65-74,79H,5-7,10,14-16,19-20,24,27-28,30-33,35-39H2,1-4H3,(H,75,76)(H,77,78). The number of hydrogen-bond acceptors (Lipinski definition) is 13. The third-order valence-corrected chi connectivity index (χ3v) is 17.5. The van der Waals surface area contributed by atoms with Gasteiger partial charge in [-0.25, -0.2) is 0 Å². The molecule has 3 aromatic carbocycles. The van der Waals surface area contributed by atoms with Crippen LogP contribution in [0, 0.1) is 23.7 Å². The molecule has 7 rings (SSSR count). The summed E-state index contributed by atoms with van der Waals surface area (Å²) in [5.74, 6) is 2.94. The highest BCUT2D eigenvalue weighted by atomic mass is 16.4. The van der Waals surface area contributed by atoms with E-state index in [1.165, 1.54) is 0 Å².